The molecule has 0 bridgehead atoms. The smallest absolute Gasteiger partial charge is 0.375 e. The number of phenols is 2. The lowest BCUT2D eigenvalue weighted by Crippen LogP contribution is -2.43. The molecular formula is C23H22O7. The Kier molecular flexibility index (Phi) is 5.56. The molecule has 0 fully saturated rings. The number of rotatable bonds is 6. The molecule has 1 aliphatic heterocycles. The van der Waals surface area contributed by atoms with Crippen LogP contribution in [0.2, 0.25) is 0 Å². The Morgan fingerprint density at radius 2 is 1.73 bits per heavy atom. The summed E-state index contributed by atoms with van der Waals surface area (Å²) in [6, 6.07) is 10.1. The molecule has 7 nitrogen and oxygen atoms in total. The lowest BCUT2D eigenvalue weighted by molar-refractivity contribution is -0.166. The van der Waals surface area contributed by atoms with Crippen molar-refractivity contribution in [1.82, 2.24) is 0 Å². The Bertz CT molecular complexity index is 1060. The minimum atomic E-state index is -2.15. The Labute approximate surface area is 173 Å². The number of carboxylic acid groups (broad SMARTS) is 1. The van der Waals surface area contributed by atoms with E-state index in [0.29, 0.717) is 17.5 Å². The van der Waals surface area contributed by atoms with E-state index in [-0.39, 0.29) is 29.1 Å². The van der Waals surface area contributed by atoms with Crippen LogP contribution in [0.15, 0.2) is 59.9 Å². The van der Waals surface area contributed by atoms with Crippen molar-refractivity contribution in [1.29, 1.82) is 0 Å². The maximum absolute atomic E-state index is 12.3. The topological polar surface area (TPSA) is 124 Å². The number of benzene rings is 2. The van der Waals surface area contributed by atoms with Gasteiger partial charge >= 0.3 is 11.9 Å². The number of aliphatic hydroxyl groups is 1. The number of phenolic OH excluding ortho intramolecular Hbond substituents is 2. The van der Waals surface area contributed by atoms with Crippen LogP contribution in [0.3, 0.4) is 0 Å². The van der Waals surface area contributed by atoms with Crippen LogP contribution >= 0.6 is 0 Å². The van der Waals surface area contributed by atoms with E-state index in [4.69, 9.17) is 4.74 Å². The minimum Gasteiger partial charge on any atom is -0.508 e. The molecule has 0 unspecified atom stereocenters. The zero-order valence-corrected chi connectivity index (χ0v) is 16.5. The first-order chi connectivity index (χ1) is 14.1. The van der Waals surface area contributed by atoms with Gasteiger partial charge in [-0.2, -0.15) is 0 Å². The molecule has 0 radical (unpaired) electrons. The van der Waals surface area contributed by atoms with Crippen LogP contribution in [-0.4, -0.2) is 38.0 Å². The number of allylic oxidation sites excluding steroid dienone is 2. The highest BCUT2D eigenvalue weighted by atomic mass is 16.6. The van der Waals surface area contributed by atoms with Gasteiger partial charge in [-0.15, -0.1) is 0 Å². The summed E-state index contributed by atoms with van der Waals surface area (Å²) in [7, 11) is 0. The fourth-order valence-electron chi connectivity index (χ4n) is 3.41. The third-order valence-electron chi connectivity index (χ3n) is 4.93. The first kappa shape index (κ1) is 21.0. The lowest BCUT2D eigenvalue weighted by Gasteiger charge is -2.26. The van der Waals surface area contributed by atoms with Crippen molar-refractivity contribution in [2.75, 3.05) is 0 Å². The molecule has 1 aliphatic rings. The molecule has 0 aliphatic carbocycles. The Balaban J connectivity index is 2.08. The second-order valence-corrected chi connectivity index (χ2v) is 7.42. The van der Waals surface area contributed by atoms with E-state index < -0.39 is 23.3 Å². The Hall–Kier alpha value is -3.74. The highest BCUT2D eigenvalue weighted by Gasteiger charge is 2.55. The van der Waals surface area contributed by atoms with E-state index in [1.165, 1.54) is 30.3 Å². The molecule has 1 heterocycles. The van der Waals surface area contributed by atoms with E-state index in [9.17, 15) is 30.0 Å². The number of aromatic hydroxyl groups is 2. The normalized spacial score (nSPS) is 18.3. The summed E-state index contributed by atoms with van der Waals surface area (Å²) >= 11 is 0. The van der Waals surface area contributed by atoms with E-state index in [0.717, 1.165) is 5.57 Å². The number of aliphatic carboxylic acids is 1. The highest BCUT2D eigenvalue weighted by molar-refractivity contribution is 6.10. The summed E-state index contributed by atoms with van der Waals surface area (Å²) < 4.78 is 5.19. The third kappa shape index (κ3) is 3.87. The number of cyclic esters (lactones) is 1. The zero-order chi connectivity index (χ0) is 22.1. The van der Waals surface area contributed by atoms with Crippen molar-refractivity contribution in [2.45, 2.75) is 32.3 Å². The number of aliphatic hydroxyl groups excluding tert-OH is 1. The number of carbonyl (C=O) groups is 2. The lowest BCUT2D eigenvalue weighted by atomic mass is 9.83. The van der Waals surface area contributed by atoms with E-state index in [1.807, 2.05) is 19.9 Å². The molecule has 7 heteroatoms. The van der Waals surface area contributed by atoms with Crippen molar-refractivity contribution in [2.24, 2.45) is 0 Å². The van der Waals surface area contributed by atoms with Crippen LogP contribution in [0.1, 0.15) is 30.5 Å². The maximum Gasteiger partial charge on any atom is 0.375 e. The maximum atomic E-state index is 12.3. The minimum absolute atomic E-state index is 0.0487. The quantitative estimate of drug-likeness (QED) is 0.424. The van der Waals surface area contributed by atoms with Crippen LogP contribution in [0, 0.1) is 0 Å². The van der Waals surface area contributed by atoms with Crippen LogP contribution < -0.4 is 0 Å². The molecule has 0 saturated heterocycles. The molecular weight excluding hydrogens is 388 g/mol. The number of hydrogen-bond acceptors (Lipinski definition) is 6. The second-order valence-electron chi connectivity index (χ2n) is 7.42. The molecule has 156 valence electrons. The van der Waals surface area contributed by atoms with Crippen molar-refractivity contribution in [3.05, 3.63) is 76.6 Å². The Morgan fingerprint density at radius 3 is 2.33 bits per heavy atom. The monoisotopic (exact) mass is 410 g/mol. The summed E-state index contributed by atoms with van der Waals surface area (Å²) in [4.78, 5) is 24.4. The first-order valence-electron chi connectivity index (χ1n) is 9.28. The second kappa shape index (κ2) is 7.94. The largest absolute Gasteiger partial charge is 0.508 e. The molecule has 0 spiro atoms. The van der Waals surface area contributed by atoms with Gasteiger partial charge in [0.25, 0.3) is 0 Å². The summed E-state index contributed by atoms with van der Waals surface area (Å²) in [5, 5.41) is 40.0. The van der Waals surface area contributed by atoms with Crippen LogP contribution in [0.4, 0.5) is 0 Å². The molecule has 2 aromatic carbocycles. The van der Waals surface area contributed by atoms with Gasteiger partial charge in [0, 0.05) is 6.42 Å². The van der Waals surface area contributed by atoms with Gasteiger partial charge < -0.3 is 25.2 Å². The van der Waals surface area contributed by atoms with Gasteiger partial charge in [-0.05, 0) is 55.2 Å². The van der Waals surface area contributed by atoms with Crippen LogP contribution in [0.25, 0.3) is 5.57 Å². The van der Waals surface area contributed by atoms with Gasteiger partial charge in [-0.3, -0.25) is 0 Å². The summed E-state index contributed by atoms with van der Waals surface area (Å²) in [5.41, 5.74) is 0.0715. The molecule has 1 atom stereocenters. The van der Waals surface area contributed by atoms with Crippen molar-refractivity contribution in [3.8, 4) is 11.5 Å². The predicted octanol–water partition coefficient (Wildman–Crippen LogP) is 3.50. The summed E-state index contributed by atoms with van der Waals surface area (Å²) in [6.07, 6.45) is 2.12. The molecule has 3 rings (SSSR count). The zero-order valence-electron chi connectivity index (χ0n) is 16.5. The average molecular weight is 410 g/mol. The summed E-state index contributed by atoms with van der Waals surface area (Å²) in [6.45, 7) is 3.85. The fourth-order valence-corrected chi connectivity index (χ4v) is 3.41. The molecule has 2 aromatic rings. The molecule has 30 heavy (non-hydrogen) atoms. The third-order valence-corrected chi connectivity index (χ3v) is 4.93. The Morgan fingerprint density at radius 1 is 1.07 bits per heavy atom. The van der Waals surface area contributed by atoms with E-state index >= 15 is 0 Å². The number of ether oxygens (including phenoxy) is 1. The SMILES string of the molecule is CC(C)=CCc1cc(C[C@@]2(C(=O)O)OC(=O)C(O)=C2c2ccc(O)cc2)ccc1O. The number of carbonyl (C=O) groups excluding carboxylic acids is 1. The fraction of sp³-hybridized carbons (Fsp3) is 0.217. The van der Waals surface area contributed by atoms with Crippen molar-refractivity contribution >= 4 is 17.5 Å². The summed E-state index contributed by atoms with van der Waals surface area (Å²) in [5.74, 6) is -3.34. The highest BCUT2D eigenvalue weighted by Crippen LogP contribution is 2.42. The van der Waals surface area contributed by atoms with E-state index in [2.05, 4.69) is 0 Å². The van der Waals surface area contributed by atoms with Gasteiger partial charge in [-0.25, -0.2) is 9.59 Å². The predicted molar refractivity (Wildman–Crippen MR) is 109 cm³/mol. The van der Waals surface area contributed by atoms with Crippen LogP contribution in [0.5, 0.6) is 11.5 Å². The molecule has 0 amide bonds. The van der Waals surface area contributed by atoms with Crippen molar-refractivity contribution < 1.29 is 34.8 Å². The number of carboxylic acids is 1. The van der Waals surface area contributed by atoms with E-state index in [1.54, 1.807) is 12.1 Å². The number of esters is 1. The van der Waals surface area contributed by atoms with Gasteiger partial charge in [0.15, 0.2) is 0 Å². The first-order valence-corrected chi connectivity index (χ1v) is 9.28. The number of hydrogen-bond donors (Lipinski definition) is 4. The van der Waals surface area contributed by atoms with Gasteiger partial charge in [0.1, 0.15) is 11.5 Å². The van der Waals surface area contributed by atoms with Gasteiger partial charge in [-0.1, -0.05) is 35.9 Å². The molecule has 0 aromatic heterocycles. The van der Waals surface area contributed by atoms with Gasteiger partial charge in [0.2, 0.25) is 11.4 Å². The average Bonchev–Trinajstić information content (AvgIpc) is 2.94. The molecule has 0 saturated carbocycles. The molecule has 4 N–H and O–H groups in total. The van der Waals surface area contributed by atoms with Gasteiger partial charge in [0.05, 0.1) is 5.57 Å². The van der Waals surface area contributed by atoms with Crippen LogP contribution in [-0.2, 0) is 27.2 Å². The van der Waals surface area contributed by atoms with Crippen molar-refractivity contribution in [3.63, 3.8) is 0 Å². The standard InChI is InChI=1S/C23H22O7/c1-13(2)3-5-16-11-14(4-10-18(16)25)12-23(22(28)29)19(20(26)21(27)30-23)15-6-8-17(24)9-7-15/h3-4,6-11,24-26H,5,12H2,1-2H3,(H,28,29)/t23-/m1/s1.